The third-order valence-corrected chi connectivity index (χ3v) is 2.40. The maximum atomic E-state index is 11.3. The van der Waals surface area contributed by atoms with E-state index in [1.54, 1.807) is 6.07 Å². The van der Waals surface area contributed by atoms with Gasteiger partial charge in [0.1, 0.15) is 0 Å². The molecule has 0 atom stereocenters. The van der Waals surface area contributed by atoms with Crippen molar-refractivity contribution in [3.8, 4) is 0 Å². The van der Waals surface area contributed by atoms with E-state index < -0.39 is 0 Å². The summed E-state index contributed by atoms with van der Waals surface area (Å²) >= 11 is 1.40. The molecular formula is C9H12N2O2S. The topological polar surface area (TPSA) is 58.2 Å². The predicted molar refractivity (Wildman–Crippen MR) is 55.3 cm³/mol. The van der Waals surface area contributed by atoms with Crippen LogP contribution in [0.1, 0.15) is 16.6 Å². The van der Waals surface area contributed by atoms with Crippen molar-refractivity contribution in [2.75, 3.05) is 13.1 Å². The van der Waals surface area contributed by atoms with Crippen molar-refractivity contribution in [1.82, 2.24) is 10.6 Å². The Kier molecular flexibility index (Phi) is 4.12. The monoisotopic (exact) mass is 212 g/mol. The number of thiophene rings is 1. The number of carbonyl (C=O) groups excluding carboxylic acids is 2. The third-order valence-electron chi connectivity index (χ3n) is 1.53. The molecule has 5 heteroatoms. The molecule has 1 aromatic heterocycles. The Balaban J connectivity index is 2.19. The molecule has 14 heavy (non-hydrogen) atoms. The lowest BCUT2D eigenvalue weighted by Gasteiger charge is -2.03. The molecule has 0 bridgehead atoms. The minimum atomic E-state index is -0.0923. The quantitative estimate of drug-likeness (QED) is 0.719. The van der Waals surface area contributed by atoms with Gasteiger partial charge in [-0.15, -0.1) is 11.3 Å². The molecule has 2 N–H and O–H groups in total. The molecule has 0 saturated heterocycles. The maximum Gasteiger partial charge on any atom is 0.261 e. The normalized spacial score (nSPS) is 9.50. The van der Waals surface area contributed by atoms with Crippen molar-refractivity contribution in [3.05, 3.63) is 22.4 Å². The van der Waals surface area contributed by atoms with Crippen molar-refractivity contribution in [2.45, 2.75) is 6.92 Å². The molecule has 0 unspecified atom stereocenters. The van der Waals surface area contributed by atoms with E-state index in [9.17, 15) is 9.59 Å². The van der Waals surface area contributed by atoms with Gasteiger partial charge in [0.15, 0.2) is 0 Å². The minimum Gasteiger partial charge on any atom is -0.355 e. The molecule has 0 aliphatic heterocycles. The Morgan fingerprint density at radius 3 is 2.64 bits per heavy atom. The van der Waals surface area contributed by atoms with E-state index >= 15 is 0 Å². The van der Waals surface area contributed by atoms with E-state index in [2.05, 4.69) is 10.6 Å². The average Bonchev–Trinajstić information content (AvgIpc) is 2.64. The van der Waals surface area contributed by atoms with Gasteiger partial charge in [-0.3, -0.25) is 9.59 Å². The van der Waals surface area contributed by atoms with Crippen LogP contribution in [0.15, 0.2) is 17.5 Å². The Bertz CT molecular complexity index is 309. The summed E-state index contributed by atoms with van der Waals surface area (Å²) in [6.07, 6.45) is 0. The summed E-state index contributed by atoms with van der Waals surface area (Å²) in [7, 11) is 0. The molecule has 4 nitrogen and oxygen atoms in total. The smallest absolute Gasteiger partial charge is 0.261 e. The first kappa shape index (κ1) is 10.7. The molecular weight excluding hydrogens is 200 g/mol. The van der Waals surface area contributed by atoms with E-state index in [0.717, 1.165) is 0 Å². The zero-order chi connectivity index (χ0) is 10.4. The van der Waals surface area contributed by atoms with Crippen LogP contribution in [0.25, 0.3) is 0 Å². The van der Waals surface area contributed by atoms with Gasteiger partial charge in [-0.25, -0.2) is 0 Å². The highest BCUT2D eigenvalue weighted by Crippen LogP contribution is 2.07. The molecule has 0 spiro atoms. The van der Waals surface area contributed by atoms with E-state index in [-0.39, 0.29) is 11.8 Å². The summed E-state index contributed by atoms with van der Waals surface area (Å²) < 4.78 is 0. The SMILES string of the molecule is CC(=O)NCCNC(=O)c1cccs1. The lowest BCUT2D eigenvalue weighted by atomic mass is 10.4. The first-order valence-corrected chi connectivity index (χ1v) is 5.14. The van der Waals surface area contributed by atoms with Crippen LogP contribution >= 0.6 is 11.3 Å². The number of hydrogen-bond donors (Lipinski definition) is 2. The average molecular weight is 212 g/mol. The van der Waals surface area contributed by atoms with Crippen molar-refractivity contribution in [2.24, 2.45) is 0 Å². The van der Waals surface area contributed by atoms with Gasteiger partial charge in [0.05, 0.1) is 4.88 Å². The second kappa shape index (κ2) is 5.39. The van der Waals surface area contributed by atoms with Crippen LogP contribution in [0.2, 0.25) is 0 Å². The van der Waals surface area contributed by atoms with Gasteiger partial charge in [0.2, 0.25) is 5.91 Å². The Labute approximate surface area is 86.3 Å². The van der Waals surface area contributed by atoms with Gasteiger partial charge in [-0.2, -0.15) is 0 Å². The summed E-state index contributed by atoms with van der Waals surface area (Å²) in [6, 6.07) is 3.59. The summed E-state index contributed by atoms with van der Waals surface area (Å²) in [5, 5.41) is 7.14. The first-order chi connectivity index (χ1) is 6.70. The molecule has 0 saturated carbocycles. The van der Waals surface area contributed by atoms with Crippen LogP contribution in [0, 0.1) is 0 Å². The van der Waals surface area contributed by atoms with Crippen LogP contribution in [0.4, 0.5) is 0 Å². The molecule has 1 aromatic rings. The molecule has 0 aliphatic carbocycles. The van der Waals surface area contributed by atoms with E-state index in [1.165, 1.54) is 18.3 Å². The van der Waals surface area contributed by atoms with Gasteiger partial charge in [-0.1, -0.05) is 6.07 Å². The highest BCUT2D eigenvalue weighted by atomic mass is 32.1. The molecule has 1 rings (SSSR count). The molecule has 0 aliphatic rings. The largest absolute Gasteiger partial charge is 0.355 e. The highest BCUT2D eigenvalue weighted by Gasteiger charge is 2.04. The molecule has 1 heterocycles. The van der Waals surface area contributed by atoms with Gasteiger partial charge in [0, 0.05) is 20.0 Å². The van der Waals surface area contributed by atoms with E-state index in [0.29, 0.717) is 18.0 Å². The number of nitrogens with one attached hydrogen (secondary N) is 2. The summed E-state index contributed by atoms with van der Waals surface area (Å²) in [6.45, 7) is 2.36. The number of hydrogen-bond acceptors (Lipinski definition) is 3. The minimum absolute atomic E-state index is 0.0876. The van der Waals surface area contributed by atoms with Crippen LogP contribution in [0.5, 0.6) is 0 Å². The Morgan fingerprint density at radius 1 is 1.36 bits per heavy atom. The Morgan fingerprint density at radius 2 is 2.07 bits per heavy atom. The molecule has 0 radical (unpaired) electrons. The third kappa shape index (κ3) is 3.57. The van der Waals surface area contributed by atoms with Crippen LogP contribution in [-0.2, 0) is 4.79 Å². The standard InChI is InChI=1S/C9H12N2O2S/c1-7(12)10-4-5-11-9(13)8-3-2-6-14-8/h2-3,6H,4-5H2,1H3,(H,10,12)(H,11,13). The number of carbonyl (C=O) groups is 2. The van der Waals surface area contributed by atoms with Gasteiger partial charge in [-0.05, 0) is 11.4 Å². The summed E-state index contributed by atoms with van der Waals surface area (Å²) in [4.78, 5) is 22.5. The molecule has 76 valence electrons. The second-order valence-electron chi connectivity index (χ2n) is 2.72. The highest BCUT2D eigenvalue weighted by molar-refractivity contribution is 7.12. The summed E-state index contributed by atoms with van der Waals surface area (Å²) in [5.74, 6) is -0.180. The predicted octanol–water partition coefficient (Wildman–Crippen LogP) is 0.614. The first-order valence-electron chi connectivity index (χ1n) is 4.26. The van der Waals surface area contributed by atoms with Gasteiger partial charge < -0.3 is 10.6 Å². The molecule has 0 fully saturated rings. The van der Waals surface area contributed by atoms with E-state index in [4.69, 9.17) is 0 Å². The van der Waals surface area contributed by atoms with Crippen molar-refractivity contribution < 1.29 is 9.59 Å². The van der Waals surface area contributed by atoms with Gasteiger partial charge in [0.25, 0.3) is 5.91 Å². The molecule has 2 amide bonds. The van der Waals surface area contributed by atoms with Crippen LogP contribution < -0.4 is 10.6 Å². The summed E-state index contributed by atoms with van der Waals surface area (Å²) in [5.41, 5.74) is 0. The van der Waals surface area contributed by atoms with Crippen LogP contribution in [-0.4, -0.2) is 24.9 Å². The van der Waals surface area contributed by atoms with Gasteiger partial charge >= 0.3 is 0 Å². The second-order valence-corrected chi connectivity index (χ2v) is 3.66. The van der Waals surface area contributed by atoms with E-state index in [1.807, 2.05) is 11.4 Å². The zero-order valence-electron chi connectivity index (χ0n) is 7.87. The number of amides is 2. The van der Waals surface area contributed by atoms with Crippen molar-refractivity contribution >= 4 is 23.2 Å². The maximum absolute atomic E-state index is 11.3. The van der Waals surface area contributed by atoms with Crippen molar-refractivity contribution in [3.63, 3.8) is 0 Å². The Hall–Kier alpha value is -1.36. The lowest BCUT2D eigenvalue weighted by molar-refractivity contribution is -0.118. The number of rotatable bonds is 4. The lowest BCUT2D eigenvalue weighted by Crippen LogP contribution is -2.33. The van der Waals surface area contributed by atoms with Crippen LogP contribution in [0.3, 0.4) is 0 Å². The fraction of sp³-hybridized carbons (Fsp3) is 0.333. The fourth-order valence-electron chi connectivity index (χ4n) is 0.909. The fourth-order valence-corrected chi connectivity index (χ4v) is 1.55. The van der Waals surface area contributed by atoms with Crippen molar-refractivity contribution in [1.29, 1.82) is 0 Å². The zero-order valence-corrected chi connectivity index (χ0v) is 8.69. The molecule has 0 aromatic carbocycles.